The average molecular weight is 526 g/mol. The van der Waals surface area contributed by atoms with Gasteiger partial charge in [-0.3, -0.25) is 9.36 Å². The molecule has 1 aliphatic heterocycles. The summed E-state index contributed by atoms with van der Waals surface area (Å²) in [6.45, 7) is 9.13. The molecular weight excluding hydrogens is 494 g/mol. The number of rotatable bonds is 5. The number of benzene rings is 1. The number of pyridine rings is 1. The van der Waals surface area contributed by atoms with Crippen molar-refractivity contribution in [3.05, 3.63) is 46.9 Å². The Bertz CT molecular complexity index is 1530. The third kappa shape index (κ3) is 4.92. The monoisotopic (exact) mass is 525 g/mol. The number of hydrogen-bond acceptors (Lipinski definition) is 8. The van der Waals surface area contributed by atoms with E-state index < -0.39 is 15.4 Å². The Morgan fingerprint density at radius 3 is 2.38 bits per heavy atom. The minimum atomic E-state index is -3.33. The molecule has 1 saturated carbocycles. The highest BCUT2D eigenvalue weighted by Gasteiger charge is 2.57. The Hall–Kier alpha value is -3.47. The molecule has 1 N–H and O–H groups in total. The number of hydrogen-bond donors (Lipinski definition) is 1. The van der Waals surface area contributed by atoms with Crippen LogP contribution in [-0.2, 0) is 21.1 Å². The molecule has 0 spiro atoms. The van der Waals surface area contributed by atoms with Crippen LogP contribution in [0.4, 0.5) is 10.7 Å². The van der Waals surface area contributed by atoms with Gasteiger partial charge in [-0.1, -0.05) is 12.1 Å². The molecule has 0 radical (unpaired) electrons. The van der Waals surface area contributed by atoms with Crippen molar-refractivity contribution < 1.29 is 17.9 Å². The number of carbonyl (C=O) groups is 1. The second kappa shape index (κ2) is 8.83. The third-order valence-corrected chi connectivity index (χ3v) is 8.01. The molecule has 3 atom stereocenters. The van der Waals surface area contributed by atoms with Crippen molar-refractivity contribution in [1.82, 2.24) is 19.4 Å². The fourth-order valence-electron chi connectivity index (χ4n) is 4.98. The van der Waals surface area contributed by atoms with Crippen LogP contribution in [0.3, 0.4) is 0 Å². The number of piperidine rings is 1. The predicted octanol–water partition coefficient (Wildman–Crippen LogP) is 3.16. The molecule has 2 fully saturated rings. The molecule has 1 aromatic carbocycles. The lowest BCUT2D eigenvalue weighted by molar-refractivity contribution is 0.0272. The van der Waals surface area contributed by atoms with Crippen molar-refractivity contribution in [2.45, 2.75) is 50.8 Å². The topological polar surface area (TPSA) is 123 Å². The summed E-state index contributed by atoms with van der Waals surface area (Å²) in [4.78, 5) is 36.7. The van der Waals surface area contributed by atoms with Crippen LogP contribution in [0.1, 0.15) is 27.7 Å². The van der Waals surface area contributed by atoms with Gasteiger partial charge in [0.2, 0.25) is 5.95 Å². The number of carbonyl (C=O) groups excluding carboxylic acids is 1. The highest BCUT2D eigenvalue weighted by Crippen LogP contribution is 2.47. The molecule has 1 saturated heterocycles. The van der Waals surface area contributed by atoms with Crippen molar-refractivity contribution in [3.63, 3.8) is 0 Å². The highest BCUT2D eigenvalue weighted by molar-refractivity contribution is 7.90. The number of nitrogens with zero attached hydrogens (tertiary/aromatic N) is 4. The lowest BCUT2D eigenvalue weighted by Crippen LogP contribution is -2.38. The smallest absolute Gasteiger partial charge is 0.410 e. The maximum absolute atomic E-state index is 13.3. The van der Waals surface area contributed by atoms with E-state index in [9.17, 15) is 18.0 Å². The lowest BCUT2D eigenvalue weighted by Gasteiger charge is -2.26. The summed E-state index contributed by atoms with van der Waals surface area (Å²) in [5.41, 5.74) is 0.891. The first-order chi connectivity index (χ1) is 17.4. The average Bonchev–Trinajstić information content (AvgIpc) is 3.23. The van der Waals surface area contributed by atoms with Gasteiger partial charge in [-0.15, -0.1) is 0 Å². The van der Waals surface area contributed by atoms with E-state index in [1.807, 2.05) is 27.7 Å². The molecule has 2 aliphatic rings. The maximum atomic E-state index is 13.3. The van der Waals surface area contributed by atoms with Crippen molar-refractivity contribution in [2.24, 2.45) is 11.8 Å². The number of aryl methyl sites for hydroxylation is 1. The van der Waals surface area contributed by atoms with Crippen molar-refractivity contribution in [1.29, 1.82) is 0 Å². The van der Waals surface area contributed by atoms with Gasteiger partial charge in [0.25, 0.3) is 5.56 Å². The van der Waals surface area contributed by atoms with Gasteiger partial charge in [0.15, 0.2) is 9.84 Å². The van der Waals surface area contributed by atoms with E-state index in [1.54, 1.807) is 33.9 Å². The number of aromatic nitrogens is 3. The summed E-state index contributed by atoms with van der Waals surface area (Å²) in [7, 11) is -3.33. The Morgan fingerprint density at radius 2 is 1.81 bits per heavy atom. The minimum Gasteiger partial charge on any atom is -0.444 e. The molecule has 3 aromatic rings. The summed E-state index contributed by atoms with van der Waals surface area (Å²) in [5.74, 6) is 1.08. The van der Waals surface area contributed by atoms with Gasteiger partial charge in [-0.25, -0.2) is 18.2 Å². The van der Waals surface area contributed by atoms with Crippen LogP contribution >= 0.6 is 0 Å². The van der Waals surface area contributed by atoms with Gasteiger partial charge < -0.3 is 15.0 Å². The summed E-state index contributed by atoms with van der Waals surface area (Å²) in [5, 5.41) is 4.09. The summed E-state index contributed by atoms with van der Waals surface area (Å²) >= 11 is 0. The van der Waals surface area contributed by atoms with Crippen LogP contribution in [0.5, 0.6) is 0 Å². The fourth-order valence-corrected chi connectivity index (χ4v) is 5.61. The normalized spacial score (nSPS) is 21.1. The van der Waals surface area contributed by atoms with Crippen LogP contribution in [-0.4, -0.2) is 64.9 Å². The van der Waals surface area contributed by atoms with Crippen molar-refractivity contribution in [3.8, 4) is 11.1 Å². The number of nitrogens with one attached hydrogen (secondary N) is 1. The van der Waals surface area contributed by atoms with Gasteiger partial charge in [0.05, 0.1) is 4.90 Å². The quantitative estimate of drug-likeness (QED) is 0.539. The molecular formula is C26H31N5O5S. The number of ether oxygens (including phenoxy) is 1. The van der Waals surface area contributed by atoms with Gasteiger partial charge in [0, 0.05) is 60.9 Å². The van der Waals surface area contributed by atoms with Crippen LogP contribution < -0.4 is 10.9 Å². The molecule has 0 bridgehead atoms. The van der Waals surface area contributed by atoms with Gasteiger partial charge in [0.1, 0.15) is 11.2 Å². The number of anilines is 1. The zero-order chi connectivity index (χ0) is 26.7. The van der Waals surface area contributed by atoms with E-state index in [0.717, 1.165) is 6.26 Å². The molecule has 1 aliphatic carbocycles. The van der Waals surface area contributed by atoms with Crippen molar-refractivity contribution >= 4 is 32.9 Å². The Kier molecular flexibility index (Phi) is 6.01. The van der Waals surface area contributed by atoms with Crippen LogP contribution in [0.25, 0.3) is 22.2 Å². The second-order valence-electron chi connectivity index (χ2n) is 10.8. The van der Waals surface area contributed by atoms with Gasteiger partial charge in [-0.05, 0) is 51.5 Å². The predicted molar refractivity (Wildman–Crippen MR) is 140 cm³/mol. The molecule has 37 heavy (non-hydrogen) atoms. The van der Waals surface area contributed by atoms with Crippen molar-refractivity contribution in [2.75, 3.05) is 24.7 Å². The summed E-state index contributed by atoms with van der Waals surface area (Å²) < 4.78 is 30.6. The molecule has 3 heterocycles. The highest BCUT2D eigenvalue weighted by atomic mass is 32.2. The maximum Gasteiger partial charge on any atom is 0.410 e. The van der Waals surface area contributed by atoms with E-state index in [1.165, 1.54) is 12.1 Å². The van der Waals surface area contributed by atoms with Crippen LogP contribution in [0.2, 0.25) is 0 Å². The summed E-state index contributed by atoms with van der Waals surface area (Å²) in [6.07, 6.45) is 2.56. The number of fused-ring (bicyclic) bond motifs is 2. The molecule has 11 heteroatoms. The molecule has 10 nitrogen and oxygen atoms in total. The van der Waals surface area contributed by atoms with E-state index >= 15 is 0 Å². The van der Waals surface area contributed by atoms with Crippen LogP contribution in [0.15, 0.2) is 46.2 Å². The number of amides is 1. The largest absolute Gasteiger partial charge is 0.444 e. The van der Waals surface area contributed by atoms with E-state index in [4.69, 9.17) is 4.74 Å². The van der Waals surface area contributed by atoms with E-state index in [0.29, 0.717) is 59.6 Å². The number of likely N-dealkylation sites (tertiary alicyclic amines) is 1. The van der Waals surface area contributed by atoms with E-state index in [2.05, 4.69) is 15.3 Å². The molecule has 5 rings (SSSR count). The third-order valence-electron chi connectivity index (χ3n) is 6.88. The molecule has 0 unspecified atom stereocenters. The van der Waals surface area contributed by atoms with Gasteiger partial charge >= 0.3 is 6.09 Å². The fraction of sp³-hybridized carbons (Fsp3) is 0.462. The SMILES string of the molecule is CCn1c(=O)c(-c2ccc(S(C)(=O)=O)cc2)cc2cnc(N[C@@H]3[C@@H]4CN(C(=O)OC(C)(C)C)C[C@@H]43)nc21. The molecule has 196 valence electrons. The van der Waals surface area contributed by atoms with E-state index in [-0.39, 0.29) is 22.6 Å². The number of sulfone groups is 1. The molecule has 1 amide bonds. The molecule has 2 aromatic heterocycles. The Morgan fingerprint density at radius 1 is 1.16 bits per heavy atom. The Balaban J connectivity index is 1.35. The zero-order valence-corrected chi connectivity index (χ0v) is 22.4. The van der Waals surface area contributed by atoms with Gasteiger partial charge in [-0.2, -0.15) is 4.98 Å². The van der Waals surface area contributed by atoms with Crippen LogP contribution in [0, 0.1) is 11.8 Å². The minimum absolute atomic E-state index is 0.172. The first-order valence-corrected chi connectivity index (χ1v) is 14.2. The zero-order valence-electron chi connectivity index (χ0n) is 21.6. The first-order valence-electron chi connectivity index (χ1n) is 12.3. The first kappa shape index (κ1) is 25.2. The Labute approximate surface area is 215 Å². The standard InChI is InChI=1S/C26H31N5O5S/c1-6-31-22-16(11-18(23(31)32)15-7-9-17(10-8-15)37(5,34)35)12-27-24(29-22)28-21-19-13-30(14-20(19)21)25(33)36-26(2,3)4/h7-12,19-21H,6,13-14H2,1-5H3,(H,27,28,29)/t19-,20+,21-. The summed E-state index contributed by atoms with van der Waals surface area (Å²) in [6, 6.07) is 8.21. The lowest BCUT2D eigenvalue weighted by atomic mass is 10.1. The second-order valence-corrected chi connectivity index (χ2v) is 12.8.